The van der Waals surface area contributed by atoms with Crippen molar-refractivity contribution in [3.8, 4) is 11.5 Å². The molecule has 1 saturated heterocycles. The van der Waals surface area contributed by atoms with Crippen LogP contribution in [0.1, 0.15) is 18.3 Å². The molecule has 0 bridgehead atoms. The molecule has 0 aliphatic carbocycles. The highest BCUT2D eigenvalue weighted by Crippen LogP contribution is 2.24. The van der Waals surface area contributed by atoms with Crippen molar-refractivity contribution >= 4 is 11.6 Å². The Labute approximate surface area is 162 Å². The van der Waals surface area contributed by atoms with Gasteiger partial charge in [0, 0.05) is 56.2 Å². The van der Waals surface area contributed by atoms with Crippen LogP contribution >= 0.6 is 0 Å². The fourth-order valence-corrected chi connectivity index (χ4v) is 3.18. The quantitative estimate of drug-likeness (QED) is 0.668. The number of carbonyl (C=O) groups excluding carboxylic acids is 1. The van der Waals surface area contributed by atoms with Gasteiger partial charge in [-0.3, -0.25) is 9.69 Å². The van der Waals surface area contributed by atoms with Crippen molar-refractivity contribution in [2.24, 2.45) is 0 Å². The van der Waals surface area contributed by atoms with E-state index in [1.165, 1.54) is 0 Å². The Morgan fingerprint density at radius 3 is 3.18 bits per heavy atom. The maximum atomic E-state index is 12.2. The van der Waals surface area contributed by atoms with Crippen LogP contribution in [0.25, 0.3) is 11.5 Å². The lowest BCUT2D eigenvalue weighted by molar-refractivity contribution is -0.116. The van der Waals surface area contributed by atoms with E-state index in [1.807, 2.05) is 35.0 Å². The zero-order valence-electron chi connectivity index (χ0n) is 15.7. The van der Waals surface area contributed by atoms with Crippen LogP contribution in [0.5, 0.6) is 0 Å². The molecule has 1 atom stereocenters. The molecular weight excluding hydrogens is 358 g/mol. The van der Waals surface area contributed by atoms with Gasteiger partial charge in [0.2, 0.25) is 5.91 Å². The molecule has 2 aromatic heterocycles. The number of carbonyl (C=O) groups is 1. The number of hydrogen-bond acceptors (Lipinski definition) is 7. The molecule has 1 aromatic carbocycles. The van der Waals surface area contributed by atoms with Crippen LogP contribution in [-0.4, -0.2) is 57.2 Å². The minimum Gasteiger partial charge on any atom is -0.337 e. The Morgan fingerprint density at radius 2 is 2.36 bits per heavy atom. The van der Waals surface area contributed by atoms with Crippen molar-refractivity contribution in [1.29, 1.82) is 0 Å². The van der Waals surface area contributed by atoms with Crippen molar-refractivity contribution in [1.82, 2.24) is 29.9 Å². The Kier molecular flexibility index (Phi) is 5.45. The summed E-state index contributed by atoms with van der Waals surface area (Å²) in [5.74, 6) is 1.05. The summed E-state index contributed by atoms with van der Waals surface area (Å²) in [6.45, 7) is 3.28. The second-order valence-corrected chi connectivity index (χ2v) is 6.84. The first-order valence-electron chi connectivity index (χ1n) is 9.29. The van der Waals surface area contributed by atoms with E-state index in [4.69, 9.17) is 4.52 Å². The highest BCUT2D eigenvalue weighted by Gasteiger charge is 2.25. The van der Waals surface area contributed by atoms with Crippen LogP contribution in [0.2, 0.25) is 0 Å². The van der Waals surface area contributed by atoms with E-state index in [1.54, 1.807) is 12.5 Å². The number of hydrogen-bond donors (Lipinski definition) is 2. The highest BCUT2D eigenvalue weighted by atomic mass is 16.5. The monoisotopic (exact) mass is 381 g/mol. The van der Waals surface area contributed by atoms with Crippen molar-refractivity contribution in [3.63, 3.8) is 0 Å². The van der Waals surface area contributed by atoms with Gasteiger partial charge in [-0.05, 0) is 25.2 Å². The Bertz CT molecular complexity index is 922. The molecule has 9 heteroatoms. The number of anilines is 1. The van der Waals surface area contributed by atoms with Gasteiger partial charge in [-0.2, -0.15) is 4.98 Å². The predicted molar refractivity (Wildman–Crippen MR) is 103 cm³/mol. The van der Waals surface area contributed by atoms with E-state index < -0.39 is 0 Å². The predicted octanol–water partition coefficient (Wildman–Crippen LogP) is 1.54. The number of piperazine rings is 1. The van der Waals surface area contributed by atoms with E-state index in [0.29, 0.717) is 30.4 Å². The third kappa shape index (κ3) is 4.26. The highest BCUT2D eigenvalue weighted by molar-refractivity contribution is 5.91. The van der Waals surface area contributed by atoms with Crippen LogP contribution in [0, 0.1) is 0 Å². The zero-order valence-corrected chi connectivity index (χ0v) is 15.7. The largest absolute Gasteiger partial charge is 0.337 e. The van der Waals surface area contributed by atoms with Gasteiger partial charge in [-0.15, -0.1) is 0 Å². The molecule has 1 unspecified atom stereocenters. The van der Waals surface area contributed by atoms with Crippen LogP contribution in [0.15, 0.2) is 47.5 Å². The van der Waals surface area contributed by atoms with E-state index in [2.05, 4.69) is 37.7 Å². The van der Waals surface area contributed by atoms with Gasteiger partial charge in [0.25, 0.3) is 5.89 Å². The first-order chi connectivity index (χ1) is 13.7. The minimum atomic E-state index is -0.0630. The van der Waals surface area contributed by atoms with Gasteiger partial charge in [0.15, 0.2) is 5.82 Å². The first-order valence-corrected chi connectivity index (χ1v) is 9.29. The Balaban J connectivity index is 1.41. The summed E-state index contributed by atoms with van der Waals surface area (Å²) < 4.78 is 7.34. The lowest BCUT2D eigenvalue weighted by Crippen LogP contribution is -2.44. The number of aromatic nitrogens is 4. The fourth-order valence-electron chi connectivity index (χ4n) is 3.18. The minimum absolute atomic E-state index is 0.0630. The normalized spacial score (nSPS) is 17.5. The first kappa shape index (κ1) is 18.3. The molecule has 146 valence electrons. The number of likely N-dealkylation sites (N-methyl/N-ethyl adjacent to an activating group) is 1. The number of benzene rings is 1. The van der Waals surface area contributed by atoms with Crippen LogP contribution in [-0.2, 0) is 11.3 Å². The van der Waals surface area contributed by atoms with E-state index in [0.717, 1.165) is 25.2 Å². The summed E-state index contributed by atoms with van der Waals surface area (Å²) in [5.41, 5.74) is 1.47. The van der Waals surface area contributed by atoms with Crippen molar-refractivity contribution in [3.05, 3.63) is 48.8 Å². The zero-order chi connectivity index (χ0) is 19.3. The number of nitrogens with zero attached hydrogens (tertiary/aromatic N) is 5. The molecule has 3 aromatic rings. The van der Waals surface area contributed by atoms with Crippen LogP contribution in [0.4, 0.5) is 5.69 Å². The maximum Gasteiger partial charge on any atom is 0.258 e. The average Bonchev–Trinajstić information content (AvgIpc) is 3.39. The lowest BCUT2D eigenvalue weighted by Gasteiger charge is -2.30. The van der Waals surface area contributed by atoms with E-state index >= 15 is 0 Å². The molecule has 1 aliphatic heterocycles. The van der Waals surface area contributed by atoms with Crippen molar-refractivity contribution < 1.29 is 9.32 Å². The topological polar surface area (TPSA) is 101 Å². The van der Waals surface area contributed by atoms with Crippen molar-refractivity contribution in [2.75, 3.05) is 32.0 Å². The SMILES string of the molecule is CN1CCNCC1c1noc(-c2cccc(NC(=O)CCn3ccnc3)c2)n1. The molecule has 1 aliphatic rings. The summed E-state index contributed by atoms with van der Waals surface area (Å²) in [7, 11) is 2.06. The second kappa shape index (κ2) is 8.32. The number of aryl methyl sites for hydroxylation is 1. The third-order valence-electron chi connectivity index (χ3n) is 4.80. The number of rotatable bonds is 6. The molecule has 28 heavy (non-hydrogen) atoms. The van der Waals surface area contributed by atoms with Gasteiger partial charge < -0.3 is 19.7 Å². The second-order valence-electron chi connectivity index (χ2n) is 6.84. The standard InChI is InChI=1S/C19H23N7O2/c1-25-9-6-20-12-16(25)18-23-19(28-24-18)14-3-2-4-15(11-14)22-17(27)5-8-26-10-7-21-13-26/h2-4,7,10-11,13,16,20H,5-6,8-9,12H2,1H3,(H,22,27). The summed E-state index contributed by atoms with van der Waals surface area (Å²) in [6, 6.07) is 7.53. The van der Waals surface area contributed by atoms with E-state index in [9.17, 15) is 4.79 Å². The molecule has 9 nitrogen and oxygen atoms in total. The molecule has 1 fully saturated rings. The van der Waals surface area contributed by atoms with Gasteiger partial charge in [0.05, 0.1) is 12.4 Å². The molecule has 2 N–H and O–H groups in total. The summed E-state index contributed by atoms with van der Waals surface area (Å²) in [6.07, 6.45) is 5.59. The molecule has 0 saturated carbocycles. The van der Waals surface area contributed by atoms with Crippen LogP contribution < -0.4 is 10.6 Å². The summed E-state index contributed by atoms with van der Waals surface area (Å²) in [4.78, 5) is 22.9. The number of amides is 1. The van der Waals surface area contributed by atoms with Gasteiger partial charge >= 0.3 is 0 Å². The lowest BCUT2D eigenvalue weighted by atomic mass is 10.2. The summed E-state index contributed by atoms with van der Waals surface area (Å²) in [5, 5.41) is 10.4. The molecule has 3 heterocycles. The van der Waals surface area contributed by atoms with E-state index in [-0.39, 0.29) is 11.9 Å². The Morgan fingerprint density at radius 1 is 1.43 bits per heavy atom. The van der Waals surface area contributed by atoms with Gasteiger partial charge in [-0.1, -0.05) is 11.2 Å². The molecule has 4 rings (SSSR count). The summed E-state index contributed by atoms with van der Waals surface area (Å²) >= 11 is 0. The third-order valence-corrected chi connectivity index (χ3v) is 4.80. The Hall–Kier alpha value is -3.04. The number of nitrogens with one attached hydrogen (secondary N) is 2. The van der Waals surface area contributed by atoms with Crippen molar-refractivity contribution in [2.45, 2.75) is 19.0 Å². The molecule has 1 amide bonds. The molecular formula is C19H23N7O2. The smallest absolute Gasteiger partial charge is 0.258 e. The average molecular weight is 381 g/mol. The molecule has 0 spiro atoms. The maximum absolute atomic E-state index is 12.2. The number of imidazole rings is 1. The van der Waals surface area contributed by atoms with Gasteiger partial charge in [-0.25, -0.2) is 4.98 Å². The fraction of sp³-hybridized carbons (Fsp3) is 0.368. The molecule has 0 radical (unpaired) electrons. The van der Waals surface area contributed by atoms with Gasteiger partial charge in [0.1, 0.15) is 0 Å². The van der Waals surface area contributed by atoms with Crippen LogP contribution in [0.3, 0.4) is 0 Å².